The molecule has 1 aliphatic rings. The quantitative estimate of drug-likeness (QED) is 0.786. The Hall–Kier alpha value is -1.71. The molecule has 0 aliphatic carbocycles. The Morgan fingerprint density at radius 3 is 2.45 bits per heavy atom. The molecule has 1 aliphatic heterocycles. The summed E-state index contributed by atoms with van der Waals surface area (Å²) in [7, 11) is 0. The lowest BCUT2D eigenvalue weighted by Crippen LogP contribution is -3.11. The Morgan fingerprint density at radius 2 is 1.68 bits per heavy atom. The first-order valence-electron chi connectivity index (χ1n) is 8.11. The van der Waals surface area contributed by atoms with Gasteiger partial charge in [-0.25, -0.2) is 4.98 Å². The van der Waals surface area contributed by atoms with Crippen LogP contribution in [0.2, 0.25) is 0 Å². The van der Waals surface area contributed by atoms with Gasteiger partial charge in [-0.1, -0.05) is 42.5 Å². The highest BCUT2D eigenvalue weighted by Crippen LogP contribution is 2.31. The fraction of sp³-hybridized carbons (Fsp3) is 0.316. The number of thiazole rings is 1. The van der Waals surface area contributed by atoms with Crippen molar-refractivity contribution < 1.29 is 4.90 Å². The number of benzene rings is 2. The van der Waals surface area contributed by atoms with Crippen LogP contribution in [0, 0.1) is 0 Å². The van der Waals surface area contributed by atoms with E-state index in [1.807, 2.05) is 11.3 Å². The zero-order chi connectivity index (χ0) is 14.8. The summed E-state index contributed by atoms with van der Waals surface area (Å²) >= 11 is 1.89. The number of rotatable bonds is 3. The fourth-order valence-corrected chi connectivity index (χ4v) is 4.54. The zero-order valence-electron chi connectivity index (χ0n) is 12.7. The Balaban J connectivity index is 1.41. The van der Waals surface area contributed by atoms with Gasteiger partial charge in [0, 0.05) is 24.3 Å². The predicted octanol–water partition coefficient (Wildman–Crippen LogP) is 3.26. The molecule has 0 unspecified atom stereocenters. The van der Waals surface area contributed by atoms with Gasteiger partial charge in [-0.3, -0.25) is 0 Å². The van der Waals surface area contributed by atoms with Crippen LogP contribution in [0.1, 0.15) is 29.3 Å². The molecule has 0 amide bonds. The van der Waals surface area contributed by atoms with Crippen LogP contribution in [-0.4, -0.2) is 18.1 Å². The molecule has 0 atom stereocenters. The van der Waals surface area contributed by atoms with Gasteiger partial charge < -0.3 is 4.90 Å². The Morgan fingerprint density at radius 1 is 0.955 bits per heavy atom. The summed E-state index contributed by atoms with van der Waals surface area (Å²) in [6, 6.07) is 19.4. The molecule has 112 valence electrons. The highest BCUT2D eigenvalue weighted by molar-refractivity contribution is 7.18. The molecule has 3 aromatic rings. The van der Waals surface area contributed by atoms with Crippen molar-refractivity contribution in [3.63, 3.8) is 0 Å². The minimum absolute atomic E-state index is 0.664. The van der Waals surface area contributed by atoms with Gasteiger partial charge >= 0.3 is 0 Å². The van der Waals surface area contributed by atoms with E-state index in [2.05, 4.69) is 54.6 Å². The normalized spacial score (nSPS) is 22.0. The number of nitrogens with zero attached hydrogens (tertiary/aromatic N) is 1. The third-order valence-electron chi connectivity index (χ3n) is 4.65. The van der Waals surface area contributed by atoms with E-state index >= 15 is 0 Å². The maximum Gasteiger partial charge on any atom is 0.103 e. The second-order valence-electron chi connectivity index (χ2n) is 6.21. The average molecular weight is 309 g/mol. The van der Waals surface area contributed by atoms with Crippen molar-refractivity contribution in [1.82, 2.24) is 4.98 Å². The molecule has 0 spiro atoms. The van der Waals surface area contributed by atoms with E-state index in [-0.39, 0.29) is 0 Å². The summed E-state index contributed by atoms with van der Waals surface area (Å²) in [6.45, 7) is 3.68. The number of hydrogen-bond donors (Lipinski definition) is 1. The molecule has 1 saturated heterocycles. The molecule has 2 nitrogen and oxygen atoms in total. The van der Waals surface area contributed by atoms with Gasteiger partial charge in [0.2, 0.25) is 0 Å². The van der Waals surface area contributed by atoms with E-state index in [4.69, 9.17) is 4.98 Å². The van der Waals surface area contributed by atoms with Crippen LogP contribution in [0.3, 0.4) is 0 Å². The molecule has 22 heavy (non-hydrogen) atoms. The lowest BCUT2D eigenvalue weighted by atomic mass is 9.97. The highest BCUT2D eigenvalue weighted by Gasteiger charge is 2.25. The Bertz CT molecular complexity index is 709. The van der Waals surface area contributed by atoms with Gasteiger partial charge in [0.05, 0.1) is 28.3 Å². The smallest absolute Gasteiger partial charge is 0.103 e. The molecule has 0 saturated carbocycles. The summed E-state index contributed by atoms with van der Waals surface area (Å²) < 4.78 is 1.33. The zero-order valence-corrected chi connectivity index (χ0v) is 13.5. The lowest BCUT2D eigenvalue weighted by molar-refractivity contribution is -0.919. The van der Waals surface area contributed by atoms with Crippen LogP contribution < -0.4 is 4.90 Å². The molecule has 0 radical (unpaired) electrons. The number of hydrogen-bond acceptors (Lipinski definition) is 2. The summed E-state index contributed by atoms with van der Waals surface area (Å²) in [5.74, 6) is 0.664. The summed E-state index contributed by atoms with van der Waals surface area (Å²) in [5.41, 5.74) is 2.62. The van der Waals surface area contributed by atoms with Crippen LogP contribution in [0.5, 0.6) is 0 Å². The minimum Gasteiger partial charge on any atom is -0.331 e. The molecule has 1 N–H and O–H groups in total. The highest BCUT2D eigenvalue weighted by atomic mass is 32.1. The van der Waals surface area contributed by atoms with Gasteiger partial charge in [-0.05, 0) is 12.1 Å². The van der Waals surface area contributed by atoms with Crippen LogP contribution in [-0.2, 0) is 6.54 Å². The molecule has 2 heterocycles. The number of para-hydroxylation sites is 1. The van der Waals surface area contributed by atoms with Crippen molar-refractivity contribution >= 4 is 21.6 Å². The van der Waals surface area contributed by atoms with Crippen LogP contribution >= 0.6 is 11.3 Å². The van der Waals surface area contributed by atoms with E-state index in [1.165, 1.54) is 46.7 Å². The molecule has 1 aromatic heterocycles. The van der Waals surface area contributed by atoms with E-state index in [9.17, 15) is 0 Å². The standard InChI is InChI=1S/C19H20N2S/c1-2-6-15(7-3-1)14-21-12-10-16(11-13-21)19-20-17-8-4-5-9-18(17)22-19/h1-9,16H,10-14H2/p+1. The van der Waals surface area contributed by atoms with E-state index < -0.39 is 0 Å². The van der Waals surface area contributed by atoms with Crippen LogP contribution in [0.4, 0.5) is 0 Å². The number of nitrogens with one attached hydrogen (secondary N) is 1. The van der Waals surface area contributed by atoms with Crippen LogP contribution in [0.15, 0.2) is 54.6 Å². The van der Waals surface area contributed by atoms with Crippen molar-refractivity contribution in [3.8, 4) is 0 Å². The van der Waals surface area contributed by atoms with Crippen molar-refractivity contribution in [1.29, 1.82) is 0 Å². The minimum atomic E-state index is 0.664. The van der Waals surface area contributed by atoms with Crippen molar-refractivity contribution in [3.05, 3.63) is 65.2 Å². The van der Waals surface area contributed by atoms with Gasteiger partial charge in [-0.15, -0.1) is 11.3 Å². The number of fused-ring (bicyclic) bond motifs is 1. The Kier molecular flexibility index (Phi) is 3.92. The first-order valence-corrected chi connectivity index (χ1v) is 8.93. The van der Waals surface area contributed by atoms with Crippen molar-refractivity contribution in [2.75, 3.05) is 13.1 Å². The first kappa shape index (κ1) is 13.9. The van der Waals surface area contributed by atoms with E-state index in [0.29, 0.717) is 5.92 Å². The first-order chi connectivity index (χ1) is 10.9. The molecule has 4 rings (SSSR count). The second-order valence-corrected chi connectivity index (χ2v) is 7.27. The topological polar surface area (TPSA) is 17.3 Å². The van der Waals surface area contributed by atoms with E-state index in [1.54, 1.807) is 4.90 Å². The van der Waals surface area contributed by atoms with Gasteiger partial charge in [0.15, 0.2) is 0 Å². The molecular formula is C19H21N2S+. The maximum atomic E-state index is 4.85. The molecule has 3 heteroatoms. The Labute approximate surface area is 135 Å². The molecular weight excluding hydrogens is 288 g/mol. The molecule has 1 fully saturated rings. The maximum absolute atomic E-state index is 4.85. The summed E-state index contributed by atoms with van der Waals surface area (Å²) in [4.78, 5) is 6.57. The van der Waals surface area contributed by atoms with Gasteiger partial charge in [0.25, 0.3) is 0 Å². The second kappa shape index (κ2) is 6.19. The van der Waals surface area contributed by atoms with Crippen LogP contribution in [0.25, 0.3) is 10.2 Å². The third kappa shape index (κ3) is 2.92. The number of quaternary nitrogens is 1. The summed E-state index contributed by atoms with van der Waals surface area (Å²) in [5, 5.41) is 1.35. The van der Waals surface area contributed by atoms with Gasteiger partial charge in [-0.2, -0.15) is 0 Å². The number of likely N-dealkylation sites (tertiary alicyclic amines) is 1. The van der Waals surface area contributed by atoms with Crippen molar-refractivity contribution in [2.24, 2.45) is 0 Å². The van der Waals surface area contributed by atoms with Crippen molar-refractivity contribution in [2.45, 2.75) is 25.3 Å². The number of piperidine rings is 1. The molecule has 0 bridgehead atoms. The van der Waals surface area contributed by atoms with Gasteiger partial charge in [0.1, 0.15) is 6.54 Å². The average Bonchev–Trinajstić information content (AvgIpc) is 3.00. The third-order valence-corrected chi connectivity index (χ3v) is 5.85. The summed E-state index contributed by atoms with van der Waals surface area (Å²) in [6.07, 6.45) is 2.53. The SMILES string of the molecule is c1ccc(C[NH+]2CCC(c3nc4ccccc4s3)CC2)cc1. The lowest BCUT2D eigenvalue weighted by Gasteiger charge is -2.28. The monoisotopic (exact) mass is 309 g/mol. The fourth-order valence-electron chi connectivity index (χ4n) is 3.40. The molecule has 2 aromatic carbocycles. The predicted molar refractivity (Wildman–Crippen MR) is 92.4 cm³/mol. The number of aromatic nitrogens is 1. The largest absolute Gasteiger partial charge is 0.331 e. The van der Waals surface area contributed by atoms with E-state index in [0.717, 1.165) is 6.54 Å².